The van der Waals surface area contributed by atoms with E-state index in [9.17, 15) is 9.59 Å². The highest BCUT2D eigenvalue weighted by Gasteiger charge is 2.17. The van der Waals surface area contributed by atoms with Crippen LogP contribution in [0.15, 0.2) is 24.3 Å². The largest absolute Gasteiger partial charge is 0.489 e. The van der Waals surface area contributed by atoms with Crippen molar-refractivity contribution in [2.75, 3.05) is 7.11 Å². The smallest absolute Gasteiger partial charge is 0.339 e. The van der Waals surface area contributed by atoms with E-state index in [-0.39, 0.29) is 44.2 Å². The van der Waals surface area contributed by atoms with Crippen molar-refractivity contribution in [1.29, 1.82) is 0 Å². The van der Waals surface area contributed by atoms with Gasteiger partial charge in [-0.3, -0.25) is 0 Å². The highest BCUT2D eigenvalue weighted by Crippen LogP contribution is 2.34. The Morgan fingerprint density at radius 1 is 0.774 bits per heavy atom. The van der Waals surface area contributed by atoms with Crippen LogP contribution in [0.3, 0.4) is 0 Å². The quantitative estimate of drug-likeness (QED) is 0.418. The summed E-state index contributed by atoms with van der Waals surface area (Å²) in [6, 6.07) is 5.80. The van der Waals surface area contributed by atoms with Crippen LogP contribution >= 0.6 is 46.4 Å². The average Bonchev–Trinajstić information content (AvgIpc) is 2.65. The van der Waals surface area contributed by atoms with Gasteiger partial charge in [0.1, 0.15) is 11.5 Å². The Hall–Kier alpha value is -1.86. The first-order valence-electron chi connectivity index (χ1n) is 9.00. The van der Waals surface area contributed by atoms with Crippen LogP contribution in [-0.4, -0.2) is 36.4 Å². The standard InChI is InChI=1S/C11H12Cl2O3.C10H10Cl2O3/c1-6(2)16-9-5-7(12)4-8(10(9)13)11(14)15-3;1-5(2)15-8-4-6(11)3-7(9(8)12)10(13)14/h4-6H,1-3H3;3-5H,1-2H3,(H,13,14). The van der Waals surface area contributed by atoms with Crippen LogP contribution in [0, 0.1) is 0 Å². The first-order valence-corrected chi connectivity index (χ1v) is 10.5. The third-order valence-electron chi connectivity index (χ3n) is 3.37. The third kappa shape index (κ3) is 8.30. The Morgan fingerprint density at radius 2 is 1.16 bits per heavy atom. The maximum absolute atomic E-state index is 11.4. The molecule has 0 aliphatic heterocycles. The number of hydrogen-bond acceptors (Lipinski definition) is 5. The van der Waals surface area contributed by atoms with Crippen molar-refractivity contribution in [3.8, 4) is 11.5 Å². The van der Waals surface area contributed by atoms with Gasteiger partial charge in [0.05, 0.1) is 40.5 Å². The number of carbonyl (C=O) groups excluding carboxylic acids is 1. The lowest BCUT2D eigenvalue weighted by molar-refractivity contribution is 0.0599. The molecule has 0 spiro atoms. The Balaban J connectivity index is 0.000000311. The number of carboxylic acid groups (broad SMARTS) is 1. The number of hydrogen-bond donors (Lipinski definition) is 1. The van der Waals surface area contributed by atoms with Gasteiger partial charge in [-0.15, -0.1) is 0 Å². The first kappa shape index (κ1) is 27.2. The molecule has 0 heterocycles. The number of esters is 1. The van der Waals surface area contributed by atoms with Gasteiger partial charge in [-0.05, 0) is 39.8 Å². The molecule has 0 saturated carbocycles. The molecule has 6 nitrogen and oxygen atoms in total. The third-order valence-corrected chi connectivity index (χ3v) is 4.59. The summed E-state index contributed by atoms with van der Waals surface area (Å²) in [7, 11) is 1.28. The minimum Gasteiger partial charge on any atom is -0.489 e. The Bertz CT molecular complexity index is 944. The van der Waals surface area contributed by atoms with E-state index in [0.29, 0.717) is 10.8 Å². The first-order chi connectivity index (χ1) is 14.4. The molecule has 0 bridgehead atoms. The van der Waals surface area contributed by atoms with Crippen molar-refractivity contribution in [2.45, 2.75) is 39.9 Å². The molecule has 2 aromatic carbocycles. The lowest BCUT2D eigenvalue weighted by atomic mass is 10.2. The van der Waals surface area contributed by atoms with Crippen LogP contribution < -0.4 is 9.47 Å². The van der Waals surface area contributed by atoms with E-state index in [1.54, 1.807) is 6.07 Å². The van der Waals surface area contributed by atoms with E-state index in [1.807, 2.05) is 27.7 Å². The van der Waals surface area contributed by atoms with E-state index in [1.165, 1.54) is 25.3 Å². The predicted octanol–water partition coefficient (Wildman–Crippen LogP) is 7.05. The molecule has 0 unspecified atom stereocenters. The molecule has 1 N–H and O–H groups in total. The summed E-state index contributed by atoms with van der Waals surface area (Å²) in [6.45, 7) is 7.35. The normalized spacial score (nSPS) is 10.4. The lowest BCUT2D eigenvalue weighted by Gasteiger charge is -2.13. The molecule has 0 atom stereocenters. The van der Waals surface area contributed by atoms with Crippen LogP contribution in [0.1, 0.15) is 48.4 Å². The van der Waals surface area contributed by atoms with Crippen molar-refractivity contribution >= 4 is 58.3 Å². The maximum atomic E-state index is 11.4. The number of carbonyl (C=O) groups is 2. The summed E-state index contributed by atoms with van der Waals surface area (Å²) in [5, 5.41) is 9.79. The van der Waals surface area contributed by atoms with Crippen molar-refractivity contribution in [1.82, 2.24) is 0 Å². The zero-order valence-electron chi connectivity index (χ0n) is 17.5. The fraction of sp³-hybridized carbons (Fsp3) is 0.333. The van der Waals surface area contributed by atoms with Gasteiger partial charge in [0.25, 0.3) is 0 Å². The summed E-state index contributed by atoms with van der Waals surface area (Å²) >= 11 is 23.5. The van der Waals surface area contributed by atoms with Crippen LogP contribution in [0.25, 0.3) is 0 Å². The summed E-state index contributed by atoms with van der Waals surface area (Å²) in [6.07, 6.45) is -0.149. The van der Waals surface area contributed by atoms with Gasteiger partial charge in [0, 0.05) is 22.2 Å². The van der Waals surface area contributed by atoms with Gasteiger partial charge in [-0.1, -0.05) is 46.4 Å². The zero-order valence-corrected chi connectivity index (χ0v) is 20.5. The number of aromatic carboxylic acids is 1. The summed E-state index contributed by atoms with van der Waals surface area (Å²) < 4.78 is 15.4. The minimum atomic E-state index is -1.13. The SMILES string of the molecule is CC(C)Oc1cc(Cl)cc(C(=O)O)c1Cl.COC(=O)c1cc(Cl)cc(OC(C)C)c1Cl. The topological polar surface area (TPSA) is 82.1 Å². The molecule has 2 rings (SSSR count). The second-order valence-corrected chi connectivity index (χ2v) is 8.29. The highest BCUT2D eigenvalue weighted by atomic mass is 35.5. The number of rotatable bonds is 6. The van der Waals surface area contributed by atoms with Crippen LogP contribution in [0.4, 0.5) is 0 Å². The van der Waals surface area contributed by atoms with E-state index in [4.69, 9.17) is 61.0 Å². The molecule has 2 aromatic rings. The van der Waals surface area contributed by atoms with E-state index >= 15 is 0 Å². The van der Waals surface area contributed by atoms with Crippen molar-refractivity contribution in [3.63, 3.8) is 0 Å². The zero-order chi connectivity index (χ0) is 23.9. The van der Waals surface area contributed by atoms with E-state index < -0.39 is 11.9 Å². The van der Waals surface area contributed by atoms with Crippen molar-refractivity contribution in [2.24, 2.45) is 0 Å². The number of benzene rings is 2. The molecule has 31 heavy (non-hydrogen) atoms. The second kappa shape index (κ2) is 12.2. The van der Waals surface area contributed by atoms with Gasteiger partial charge in [0.15, 0.2) is 0 Å². The van der Waals surface area contributed by atoms with Gasteiger partial charge >= 0.3 is 11.9 Å². The van der Waals surface area contributed by atoms with Crippen molar-refractivity contribution in [3.05, 3.63) is 55.5 Å². The molecule has 0 aromatic heterocycles. The molecule has 0 radical (unpaired) electrons. The summed E-state index contributed by atoms with van der Waals surface area (Å²) in [4.78, 5) is 22.2. The molecule has 170 valence electrons. The van der Waals surface area contributed by atoms with Gasteiger partial charge in [-0.2, -0.15) is 0 Å². The Kier molecular flexibility index (Phi) is 10.7. The molecule has 10 heteroatoms. The molecule has 0 saturated heterocycles. The molecule has 0 fully saturated rings. The Morgan fingerprint density at radius 3 is 1.52 bits per heavy atom. The van der Waals surface area contributed by atoms with Gasteiger partial charge in [0.2, 0.25) is 0 Å². The molecule has 0 aliphatic rings. The fourth-order valence-corrected chi connectivity index (χ4v) is 3.10. The van der Waals surface area contributed by atoms with E-state index in [0.717, 1.165) is 0 Å². The molecular formula is C21H22Cl4O6. The van der Waals surface area contributed by atoms with E-state index in [2.05, 4.69) is 4.74 Å². The van der Waals surface area contributed by atoms with Gasteiger partial charge < -0.3 is 19.3 Å². The van der Waals surface area contributed by atoms with Crippen molar-refractivity contribution < 1.29 is 28.9 Å². The average molecular weight is 512 g/mol. The van der Waals surface area contributed by atoms with Gasteiger partial charge in [-0.25, -0.2) is 9.59 Å². The number of methoxy groups -OCH3 is 1. The summed E-state index contributed by atoms with van der Waals surface area (Å²) in [5.74, 6) is -1.00. The molecule has 0 aliphatic carbocycles. The molecule has 0 amide bonds. The Labute approximate surface area is 200 Å². The number of ether oxygens (including phenoxy) is 3. The fourth-order valence-electron chi connectivity index (χ4n) is 2.22. The minimum absolute atomic E-state index is 0.0542. The monoisotopic (exact) mass is 510 g/mol. The summed E-state index contributed by atoms with van der Waals surface area (Å²) in [5.41, 5.74) is 0.145. The molecular weight excluding hydrogens is 490 g/mol. The maximum Gasteiger partial charge on any atom is 0.339 e. The number of halogens is 4. The predicted molar refractivity (Wildman–Crippen MR) is 123 cm³/mol. The lowest BCUT2D eigenvalue weighted by Crippen LogP contribution is -2.08. The highest BCUT2D eigenvalue weighted by molar-refractivity contribution is 6.37. The van der Waals surface area contributed by atoms with Crippen LogP contribution in [0.5, 0.6) is 11.5 Å². The second-order valence-electron chi connectivity index (χ2n) is 6.66. The number of carboxylic acids is 1. The van der Waals surface area contributed by atoms with Crippen LogP contribution in [0.2, 0.25) is 20.1 Å². The van der Waals surface area contributed by atoms with Crippen LogP contribution in [-0.2, 0) is 4.74 Å².